The second-order valence-corrected chi connectivity index (χ2v) is 3.96. The number of hydrogen-bond donors (Lipinski definition) is 2. The maximum absolute atomic E-state index is 11.4. The van der Waals surface area contributed by atoms with E-state index in [0.29, 0.717) is 5.76 Å². The van der Waals surface area contributed by atoms with Gasteiger partial charge < -0.3 is 14.5 Å². The molecule has 0 saturated heterocycles. The lowest BCUT2D eigenvalue weighted by Crippen LogP contribution is -2.09. The number of aromatic nitrogens is 2. The predicted octanol–water partition coefficient (Wildman–Crippen LogP) is 2.06. The first kappa shape index (κ1) is 10.9. The van der Waals surface area contributed by atoms with Gasteiger partial charge in [-0.15, -0.1) is 0 Å². The first-order valence-corrected chi connectivity index (χ1v) is 5.49. The molecule has 6 heteroatoms. The second kappa shape index (κ2) is 4.13. The van der Waals surface area contributed by atoms with Crippen molar-refractivity contribution >= 4 is 15.9 Å². The van der Waals surface area contributed by atoms with Gasteiger partial charge in [0.15, 0.2) is 11.6 Å². The Balaban J connectivity index is 2.52. The fourth-order valence-electron chi connectivity index (χ4n) is 1.26. The van der Waals surface area contributed by atoms with Crippen LogP contribution in [-0.4, -0.2) is 15.1 Å². The Hall–Kier alpha value is -1.56. The highest BCUT2D eigenvalue weighted by Gasteiger charge is 2.11. The van der Waals surface area contributed by atoms with E-state index in [-0.39, 0.29) is 16.2 Å². The van der Waals surface area contributed by atoms with E-state index in [1.807, 2.05) is 6.92 Å². The SMILES string of the molecule is CCc1ccc(-c2nc(O)c(Br)c(=O)[nH]2)o1. The Kier molecular flexibility index (Phi) is 2.82. The lowest BCUT2D eigenvalue weighted by molar-refractivity contribution is 0.445. The molecule has 0 aliphatic rings. The van der Waals surface area contributed by atoms with Crippen molar-refractivity contribution in [3.8, 4) is 17.5 Å². The van der Waals surface area contributed by atoms with Crippen molar-refractivity contribution in [1.82, 2.24) is 9.97 Å². The molecular formula is C10H9BrN2O3. The third kappa shape index (κ3) is 1.88. The zero-order chi connectivity index (χ0) is 11.7. The monoisotopic (exact) mass is 284 g/mol. The highest BCUT2D eigenvalue weighted by Crippen LogP contribution is 2.22. The van der Waals surface area contributed by atoms with Crippen molar-refractivity contribution in [2.24, 2.45) is 0 Å². The molecule has 0 aliphatic carbocycles. The highest BCUT2D eigenvalue weighted by atomic mass is 79.9. The lowest BCUT2D eigenvalue weighted by Gasteiger charge is -1.99. The average molecular weight is 285 g/mol. The molecule has 0 fully saturated rings. The molecule has 0 aliphatic heterocycles. The van der Waals surface area contributed by atoms with Gasteiger partial charge in [0.2, 0.25) is 5.88 Å². The van der Waals surface area contributed by atoms with Crippen LogP contribution < -0.4 is 5.56 Å². The normalized spacial score (nSPS) is 10.6. The fraction of sp³-hybridized carbons (Fsp3) is 0.200. The summed E-state index contributed by atoms with van der Waals surface area (Å²) in [4.78, 5) is 17.7. The summed E-state index contributed by atoms with van der Waals surface area (Å²) in [5.74, 6) is 1.08. The molecule has 0 unspecified atom stereocenters. The molecule has 5 nitrogen and oxygen atoms in total. The number of rotatable bonds is 2. The number of furan rings is 1. The van der Waals surface area contributed by atoms with Crippen LogP contribution in [0.5, 0.6) is 5.88 Å². The summed E-state index contributed by atoms with van der Waals surface area (Å²) >= 11 is 2.92. The van der Waals surface area contributed by atoms with Crippen LogP contribution in [0.15, 0.2) is 25.8 Å². The maximum Gasteiger partial charge on any atom is 0.269 e. The topological polar surface area (TPSA) is 79.1 Å². The van der Waals surface area contributed by atoms with Gasteiger partial charge in [-0.05, 0) is 28.1 Å². The molecule has 0 aromatic carbocycles. The number of nitrogens with one attached hydrogen (secondary N) is 1. The molecule has 0 bridgehead atoms. The molecule has 16 heavy (non-hydrogen) atoms. The van der Waals surface area contributed by atoms with Gasteiger partial charge in [-0.3, -0.25) is 4.79 Å². The molecule has 84 valence electrons. The third-order valence-electron chi connectivity index (χ3n) is 2.09. The first-order chi connectivity index (χ1) is 7.61. The minimum atomic E-state index is -0.447. The van der Waals surface area contributed by atoms with Crippen molar-refractivity contribution in [1.29, 1.82) is 0 Å². The molecule has 2 aromatic rings. The van der Waals surface area contributed by atoms with Crippen LogP contribution in [0.3, 0.4) is 0 Å². The molecule has 0 amide bonds. The van der Waals surface area contributed by atoms with Crippen LogP contribution in [0.4, 0.5) is 0 Å². The molecule has 2 rings (SSSR count). The van der Waals surface area contributed by atoms with Crippen LogP contribution in [0, 0.1) is 0 Å². The van der Waals surface area contributed by atoms with E-state index in [1.165, 1.54) is 0 Å². The number of aromatic amines is 1. The highest BCUT2D eigenvalue weighted by molar-refractivity contribution is 9.10. The van der Waals surface area contributed by atoms with Gasteiger partial charge in [0.25, 0.3) is 5.56 Å². The Bertz CT molecular complexity index is 574. The number of H-pyrrole nitrogens is 1. The van der Waals surface area contributed by atoms with E-state index in [1.54, 1.807) is 12.1 Å². The average Bonchev–Trinajstić information content (AvgIpc) is 2.73. The Morgan fingerprint density at radius 2 is 2.31 bits per heavy atom. The molecule has 2 heterocycles. The zero-order valence-corrected chi connectivity index (χ0v) is 10.0. The Morgan fingerprint density at radius 3 is 2.88 bits per heavy atom. The quantitative estimate of drug-likeness (QED) is 0.885. The van der Waals surface area contributed by atoms with Crippen molar-refractivity contribution in [3.63, 3.8) is 0 Å². The van der Waals surface area contributed by atoms with Crippen molar-refractivity contribution in [3.05, 3.63) is 32.7 Å². The summed E-state index contributed by atoms with van der Waals surface area (Å²) in [6.07, 6.45) is 0.757. The molecule has 0 saturated carbocycles. The van der Waals surface area contributed by atoms with Gasteiger partial charge in [-0.1, -0.05) is 6.92 Å². The maximum atomic E-state index is 11.4. The zero-order valence-electron chi connectivity index (χ0n) is 8.45. The van der Waals surface area contributed by atoms with E-state index >= 15 is 0 Å². The third-order valence-corrected chi connectivity index (χ3v) is 2.80. The molecule has 0 radical (unpaired) electrons. The summed E-state index contributed by atoms with van der Waals surface area (Å²) < 4.78 is 5.42. The number of nitrogens with zero attached hydrogens (tertiary/aromatic N) is 1. The van der Waals surface area contributed by atoms with E-state index < -0.39 is 5.56 Å². The van der Waals surface area contributed by atoms with Crippen molar-refractivity contribution < 1.29 is 9.52 Å². The van der Waals surface area contributed by atoms with Crippen LogP contribution in [-0.2, 0) is 6.42 Å². The van der Waals surface area contributed by atoms with E-state index in [9.17, 15) is 9.90 Å². The minimum absolute atomic E-state index is 0.0125. The van der Waals surface area contributed by atoms with Crippen molar-refractivity contribution in [2.45, 2.75) is 13.3 Å². The smallest absolute Gasteiger partial charge is 0.269 e. The molecule has 2 aromatic heterocycles. The summed E-state index contributed by atoms with van der Waals surface area (Å²) in [6.45, 7) is 1.96. The van der Waals surface area contributed by atoms with E-state index in [2.05, 4.69) is 25.9 Å². The second-order valence-electron chi connectivity index (χ2n) is 3.17. The summed E-state index contributed by atoms with van der Waals surface area (Å²) in [7, 11) is 0. The van der Waals surface area contributed by atoms with Crippen LogP contribution in [0.25, 0.3) is 11.6 Å². The first-order valence-electron chi connectivity index (χ1n) is 4.69. The fourth-order valence-corrected chi connectivity index (χ4v) is 1.45. The van der Waals surface area contributed by atoms with Gasteiger partial charge in [0.1, 0.15) is 10.2 Å². The minimum Gasteiger partial charge on any atom is -0.492 e. The lowest BCUT2D eigenvalue weighted by atomic mass is 10.3. The predicted molar refractivity (Wildman–Crippen MR) is 61.3 cm³/mol. The van der Waals surface area contributed by atoms with Crippen LogP contribution >= 0.6 is 15.9 Å². The van der Waals surface area contributed by atoms with Crippen LogP contribution in [0.2, 0.25) is 0 Å². The molecular weight excluding hydrogens is 276 g/mol. The number of aromatic hydroxyl groups is 1. The molecule has 0 atom stereocenters. The number of hydrogen-bond acceptors (Lipinski definition) is 4. The summed E-state index contributed by atoms with van der Waals surface area (Å²) in [5, 5.41) is 9.39. The standard InChI is InChI=1S/C10H9BrN2O3/c1-2-5-3-4-6(16-5)8-12-9(14)7(11)10(15)13-8/h3-4H,2H2,1H3,(H2,12,13,14,15). The summed E-state index contributed by atoms with van der Waals surface area (Å²) in [5.41, 5.74) is -0.447. The van der Waals surface area contributed by atoms with Gasteiger partial charge >= 0.3 is 0 Å². The van der Waals surface area contributed by atoms with Crippen molar-refractivity contribution in [2.75, 3.05) is 0 Å². The molecule has 0 spiro atoms. The van der Waals surface area contributed by atoms with Gasteiger partial charge in [0.05, 0.1) is 0 Å². The number of halogens is 1. The largest absolute Gasteiger partial charge is 0.492 e. The van der Waals surface area contributed by atoms with E-state index in [0.717, 1.165) is 12.2 Å². The summed E-state index contributed by atoms with van der Waals surface area (Å²) in [6, 6.07) is 3.50. The molecule has 2 N–H and O–H groups in total. The van der Waals surface area contributed by atoms with E-state index in [4.69, 9.17) is 4.42 Å². The number of aryl methyl sites for hydroxylation is 1. The Morgan fingerprint density at radius 1 is 1.56 bits per heavy atom. The van der Waals surface area contributed by atoms with Crippen LogP contribution in [0.1, 0.15) is 12.7 Å². The Labute approximate surface area is 99.3 Å². The van der Waals surface area contributed by atoms with Gasteiger partial charge in [-0.25, -0.2) is 0 Å². The van der Waals surface area contributed by atoms with Gasteiger partial charge in [-0.2, -0.15) is 4.98 Å². The van der Waals surface area contributed by atoms with Gasteiger partial charge in [0, 0.05) is 6.42 Å².